The zero-order chi connectivity index (χ0) is 23.7. The number of alkyl halides is 3. The zero-order valence-electron chi connectivity index (χ0n) is 18.7. The van der Waals surface area contributed by atoms with E-state index in [2.05, 4.69) is 41.1 Å². The number of hydrogen-bond acceptors (Lipinski definition) is 5. The van der Waals surface area contributed by atoms with E-state index in [9.17, 15) is 13.2 Å². The number of piperidine rings is 1. The van der Waals surface area contributed by atoms with E-state index in [0.717, 1.165) is 64.4 Å². The maximum atomic E-state index is 13.9. The van der Waals surface area contributed by atoms with Gasteiger partial charge in [0.15, 0.2) is 0 Å². The molecule has 0 amide bonds. The van der Waals surface area contributed by atoms with Gasteiger partial charge in [-0.25, -0.2) is 9.97 Å². The van der Waals surface area contributed by atoms with Gasteiger partial charge < -0.3 is 19.9 Å². The number of nitrogens with zero attached hydrogens (tertiary/aromatic N) is 3. The maximum Gasteiger partial charge on any atom is 0.419 e. The van der Waals surface area contributed by atoms with Crippen LogP contribution in [-0.4, -0.2) is 52.1 Å². The Morgan fingerprint density at radius 1 is 1.09 bits per heavy atom. The zero-order valence-corrected chi connectivity index (χ0v) is 20.3. The molecule has 0 aliphatic carbocycles. The number of nitrogens with one attached hydrogen (secondary N) is 2. The van der Waals surface area contributed by atoms with E-state index in [-0.39, 0.29) is 17.7 Å². The number of H-pyrrole nitrogens is 1. The normalized spacial score (nSPS) is 22.0. The van der Waals surface area contributed by atoms with Gasteiger partial charge >= 0.3 is 6.18 Å². The van der Waals surface area contributed by atoms with Crippen LogP contribution in [0.5, 0.6) is 5.75 Å². The second-order valence-electron chi connectivity index (χ2n) is 9.00. The Morgan fingerprint density at radius 2 is 1.91 bits per heavy atom. The summed E-state index contributed by atoms with van der Waals surface area (Å²) in [7, 11) is 0. The van der Waals surface area contributed by atoms with Gasteiger partial charge in [-0.05, 0) is 66.8 Å². The molecule has 1 saturated heterocycles. The van der Waals surface area contributed by atoms with Crippen molar-refractivity contribution in [1.82, 2.24) is 19.9 Å². The lowest BCUT2D eigenvalue weighted by molar-refractivity contribution is -0.137. The van der Waals surface area contributed by atoms with Gasteiger partial charge in [-0.1, -0.05) is 12.8 Å². The van der Waals surface area contributed by atoms with Gasteiger partial charge in [-0.3, -0.25) is 0 Å². The quantitative estimate of drug-likeness (QED) is 0.355. The molecule has 0 spiro atoms. The number of hydrogen-bond donors (Lipinski definition) is 2. The van der Waals surface area contributed by atoms with Crippen molar-refractivity contribution in [3.8, 4) is 17.0 Å². The van der Waals surface area contributed by atoms with Crippen LogP contribution >= 0.6 is 15.9 Å². The van der Waals surface area contributed by atoms with Gasteiger partial charge in [0.1, 0.15) is 11.3 Å². The highest BCUT2D eigenvalue weighted by Crippen LogP contribution is 2.41. The minimum atomic E-state index is -4.57. The Labute approximate surface area is 204 Å². The fourth-order valence-corrected chi connectivity index (χ4v) is 5.42. The van der Waals surface area contributed by atoms with Gasteiger partial charge in [0, 0.05) is 35.9 Å². The van der Waals surface area contributed by atoms with Crippen LogP contribution in [0.1, 0.15) is 44.1 Å². The summed E-state index contributed by atoms with van der Waals surface area (Å²) in [5.41, 5.74) is 0.0618. The number of ether oxygens (including phenoxy) is 1. The molecule has 182 valence electrons. The van der Waals surface area contributed by atoms with Gasteiger partial charge in [0.05, 0.1) is 22.3 Å². The molecule has 1 aromatic carbocycles. The van der Waals surface area contributed by atoms with Crippen molar-refractivity contribution < 1.29 is 17.9 Å². The Kier molecular flexibility index (Phi) is 6.70. The van der Waals surface area contributed by atoms with E-state index in [1.54, 1.807) is 18.3 Å². The molecule has 8 bridgehead atoms. The minimum absolute atomic E-state index is 0.105. The van der Waals surface area contributed by atoms with Crippen LogP contribution < -0.4 is 10.1 Å². The largest absolute Gasteiger partial charge is 0.492 e. The summed E-state index contributed by atoms with van der Waals surface area (Å²) >= 11 is 3.57. The summed E-state index contributed by atoms with van der Waals surface area (Å²) in [5, 5.41) is 3.94. The summed E-state index contributed by atoms with van der Waals surface area (Å²) in [4.78, 5) is 14.0. The van der Waals surface area contributed by atoms with E-state index in [1.807, 2.05) is 0 Å². The van der Waals surface area contributed by atoms with Crippen LogP contribution in [0, 0.1) is 0 Å². The van der Waals surface area contributed by atoms with Crippen molar-refractivity contribution in [2.24, 2.45) is 0 Å². The standard InChI is InChI=1S/C24H27BrF3N5O/c25-20-19-8-7-16-17(12-29-22(16)20)21-18(24(26,27)28)13-30-23(32-21)31-15-6-5-10-33(14-15)9-3-1-2-4-11-34-19/h7-8,12-13,15,29H,1-6,9-11,14H2,(H,30,31,32)/t15-/m0/s1. The summed E-state index contributed by atoms with van der Waals surface area (Å²) in [6.07, 6.45) is 4.18. The molecule has 2 atom stereocenters. The van der Waals surface area contributed by atoms with E-state index in [4.69, 9.17) is 4.74 Å². The predicted molar refractivity (Wildman–Crippen MR) is 129 cm³/mol. The molecular formula is C24H27BrF3N5O. The third-order valence-corrected chi connectivity index (χ3v) is 7.36. The molecule has 10 heteroatoms. The third kappa shape index (κ3) is 4.88. The van der Waals surface area contributed by atoms with Crippen LogP contribution in [0.3, 0.4) is 0 Å². The summed E-state index contributed by atoms with van der Waals surface area (Å²) in [6.45, 7) is 3.50. The van der Waals surface area contributed by atoms with Gasteiger partial charge in [0.25, 0.3) is 0 Å². The minimum Gasteiger partial charge on any atom is -0.492 e. The Morgan fingerprint density at radius 3 is 2.76 bits per heavy atom. The number of aromatic amines is 1. The Hall–Kier alpha value is -2.33. The van der Waals surface area contributed by atoms with Crippen LogP contribution in [0.15, 0.2) is 29.0 Å². The molecule has 6 rings (SSSR count). The molecule has 0 saturated carbocycles. The monoisotopic (exact) mass is 537 g/mol. The first-order chi connectivity index (χ1) is 16.4. The maximum absolute atomic E-state index is 13.9. The first-order valence-electron chi connectivity index (χ1n) is 11.8. The van der Waals surface area contributed by atoms with Crippen molar-refractivity contribution >= 4 is 32.8 Å². The lowest BCUT2D eigenvalue weighted by Gasteiger charge is -2.33. The molecule has 1 unspecified atom stereocenters. The molecule has 3 aromatic rings. The molecule has 2 N–H and O–H groups in total. The Balaban J connectivity index is 1.58. The molecule has 6 nitrogen and oxygen atoms in total. The summed E-state index contributed by atoms with van der Waals surface area (Å²) in [6, 6.07) is 3.68. The highest BCUT2D eigenvalue weighted by molar-refractivity contribution is 9.10. The van der Waals surface area contributed by atoms with Crippen LogP contribution in [0.25, 0.3) is 22.2 Å². The van der Waals surface area contributed by atoms with E-state index in [1.165, 1.54) is 0 Å². The second kappa shape index (κ2) is 9.73. The summed E-state index contributed by atoms with van der Waals surface area (Å²) in [5.74, 6) is 0.890. The van der Waals surface area contributed by atoms with Gasteiger partial charge in [-0.15, -0.1) is 0 Å². The van der Waals surface area contributed by atoms with Crippen molar-refractivity contribution in [2.75, 3.05) is 31.6 Å². The number of fused-ring (bicyclic) bond motifs is 7. The first kappa shape index (κ1) is 23.4. The van der Waals surface area contributed by atoms with Crippen molar-refractivity contribution in [3.05, 3.63) is 34.6 Å². The van der Waals surface area contributed by atoms with E-state index in [0.29, 0.717) is 33.3 Å². The van der Waals surface area contributed by atoms with Gasteiger partial charge in [0.2, 0.25) is 5.95 Å². The van der Waals surface area contributed by atoms with Crippen LogP contribution in [0.2, 0.25) is 0 Å². The van der Waals surface area contributed by atoms with Crippen molar-refractivity contribution in [3.63, 3.8) is 0 Å². The average Bonchev–Trinajstić information content (AvgIpc) is 3.23. The molecule has 1 fully saturated rings. The first-order valence-corrected chi connectivity index (χ1v) is 12.6. The van der Waals surface area contributed by atoms with Crippen molar-refractivity contribution in [2.45, 2.75) is 50.7 Å². The highest BCUT2D eigenvalue weighted by Gasteiger charge is 2.36. The van der Waals surface area contributed by atoms with Crippen molar-refractivity contribution in [1.29, 1.82) is 0 Å². The molecular weight excluding hydrogens is 511 g/mol. The molecule has 34 heavy (non-hydrogen) atoms. The molecule has 2 aromatic heterocycles. The number of halogens is 4. The molecule has 0 radical (unpaired) electrons. The SMILES string of the molecule is FC(F)(F)c1cnc2nc1-c1c[nH]c3c(Br)c(ccc13)OCCCCCCN1CCC[C@@H](C1)N2. The average molecular weight is 538 g/mol. The van der Waals surface area contributed by atoms with E-state index >= 15 is 0 Å². The topological polar surface area (TPSA) is 66.1 Å². The number of anilines is 1. The lowest BCUT2D eigenvalue weighted by atomic mass is 10.0. The fraction of sp³-hybridized carbons (Fsp3) is 0.500. The molecule has 3 aliphatic heterocycles. The van der Waals surface area contributed by atoms with Crippen LogP contribution in [0.4, 0.5) is 19.1 Å². The number of benzene rings is 1. The Bertz CT molecular complexity index is 1170. The molecule has 3 aliphatic rings. The summed E-state index contributed by atoms with van der Waals surface area (Å²) < 4.78 is 48.4. The second-order valence-corrected chi connectivity index (χ2v) is 9.80. The molecule has 5 heterocycles. The highest BCUT2D eigenvalue weighted by atomic mass is 79.9. The number of rotatable bonds is 0. The van der Waals surface area contributed by atoms with Crippen LogP contribution in [-0.2, 0) is 6.18 Å². The number of aromatic nitrogens is 3. The van der Waals surface area contributed by atoms with Gasteiger partial charge in [-0.2, -0.15) is 13.2 Å². The third-order valence-electron chi connectivity index (χ3n) is 6.57. The smallest absolute Gasteiger partial charge is 0.419 e. The fourth-order valence-electron chi connectivity index (χ4n) is 4.85. The predicted octanol–water partition coefficient (Wildman–Crippen LogP) is 6.24. The van der Waals surface area contributed by atoms with E-state index < -0.39 is 11.7 Å². The lowest BCUT2D eigenvalue weighted by Crippen LogP contribution is -2.42.